The fourth-order valence-electron chi connectivity index (χ4n) is 2.00. The lowest BCUT2D eigenvalue weighted by Gasteiger charge is -2.12. The van der Waals surface area contributed by atoms with Crippen LogP contribution in [-0.4, -0.2) is 46.5 Å². The van der Waals surface area contributed by atoms with Crippen molar-refractivity contribution in [3.05, 3.63) is 35.4 Å². The van der Waals surface area contributed by atoms with E-state index in [0.717, 1.165) is 37.1 Å². The van der Waals surface area contributed by atoms with Gasteiger partial charge in [-0.15, -0.1) is 0 Å². The van der Waals surface area contributed by atoms with Crippen molar-refractivity contribution in [3.8, 4) is 0 Å². The number of rotatable bonds is 10. The second-order valence-corrected chi connectivity index (χ2v) is 5.36. The SMILES string of the molecule is CN=C(NCCCCOCCOC)NCc1ccc(C(F)(F)F)cc1. The van der Waals surface area contributed by atoms with E-state index < -0.39 is 11.7 Å². The van der Waals surface area contributed by atoms with E-state index in [9.17, 15) is 13.2 Å². The molecule has 0 amide bonds. The lowest BCUT2D eigenvalue weighted by atomic mass is 10.1. The molecule has 0 saturated heterocycles. The Labute approximate surface area is 146 Å². The molecule has 0 heterocycles. The van der Waals surface area contributed by atoms with Crippen LogP contribution in [0.15, 0.2) is 29.3 Å². The number of nitrogens with one attached hydrogen (secondary N) is 2. The fourth-order valence-corrected chi connectivity index (χ4v) is 2.00. The van der Waals surface area contributed by atoms with Gasteiger partial charge in [-0.05, 0) is 30.5 Å². The van der Waals surface area contributed by atoms with Gasteiger partial charge in [0.25, 0.3) is 0 Å². The number of unbranched alkanes of at least 4 members (excludes halogenated alkanes) is 1. The summed E-state index contributed by atoms with van der Waals surface area (Å²) in [5, 5.41) is 6.23. The molecular formula is C17H26F3N3O2. The summed E-state index contributed by atoms with van der Waals surface area (Å²) in [6, 6.07) is 5.08. The Balaban J connectivity index is 2.22. The summed E-state index contributed by atoms with van der Waals surface area (Å²) >= 11 is 0. The summed E-state index contributed by atoms with van der Waals surface area (Å²) in [6.45, 7) is 3.01. The van der Waals surface area contributed by atoms with Gasteiger partial charge in [-0.2, -0.15) is 13.2 Å². The smallest absolute Gasteiger partial charge is 0.382 e. The standard InChI is InChI=1S/C17H26F3N3O2/c1-21-16(22-9-3-4-10-25-12-11-24-2)23-13-14-5-7-15(8-6-14)17(18,19)20/h5-8H,3-4,9-13H2,1-2H3,(H2,21,22,23). The van der Waals surface area contributed by atoms with Crippen LogP contribution < -0.4 is 10.6 Å². The highest BCUT2D eigenvalue weighted by molar-refractivity contribution is 5.79. The number of halogens is 3. The molecule has 8 heteroatoms. The molecule has 0 bridgehead atoms. The first-order chi connectivity index (χ1) is 12.0. The number of alkyl halides is 3. The molecule has 0 aliphatic rings. The predicted molar refractivity (Wildman–Crippen MR) is 91.6 cm³/mol. The highest BCUT2D eigenvalue weighted by Gasteiger charge is 2.29. The summed E-state index contributed by atoms with van der Waals surface area (Å²) in [5.74, 6) is 0.611. The van der Waals surface area contributed by atoms with E-state index in [2.05, 4.69) is 15.6 Å². The largest absolute Gasteiger partial charge is 0.416 e. The number of aliphatic imine (C=N–C) groups is 1. The van der Waals surface area contributed by atoms with Gasteiger partial charge in [-0.25, -0.2) is 0 Å². The van der Waals surface area contributed by atoms with E-state index in [1.54, 1.807) is 14.2 Å². The maximum Gasteiger partial charge on any atom is 0.416 e. The monoisotopic (exact) mass is 361 g/mol. The predicted octanol–water partition coefficient (Wildman–Crippen LogP) is 2.81. The quantitative estimate of drug-likeness (QED) is 0.382. The summed E-state index contributed by atoms with van der Waals surface area (Å²) < 4.78 is 47.8. The summed E-state index contributed by atoms with van der Waals surface area (Å²) in [4.78, 5) is 4.08. The number of ether oxygens (including phenoxy) is 2. The van der Waals surface area contributed by atoms with Gasteiger partial charge in [0, 0.05) is 33.9 Å². The van der Waals surface area contributed by atoms with Gasteiger partial charge >= 0.3 is 6.18 Å². The number of nitrogens with zero attached hydrogens (tertiary/aromatic N) is 1. The Morgan fingerprint density at radius 1 is 1.04 bits per heavy atom. The van der Waals surface area contributed by atoms with Crippen LogP contribution in [0.3, 0.4) is 0 Å². The van der Waals surface area contributed by atoms with Crippen LogP contribution in [0, 0.1) is 0 Å². The molecule has 0 aliphatic heterocycles. The zero-order valence-corrected chi connectivity index (χ0v) is 14.7. The average Bonchev–Trinajstić information content (AvgIpc) is 2.59. The van der Waals surface area contributed by atoms with E-state index >= 15 is 0 Å². The van der Waals surface area contributed by atoms with E-state index in [4.69, 9.17) is 9.47 Å². The van der Waals surface area contributed by atoms with Crippen molar-refractivity contribution in [2.75, 3.05) is 40.5 Å². The van der Waals surface area contributed by atoms with E-state index in [-0.39, 0.29) is 0 Å². The van der Waals surface area contributed by atoms with Gasteiger partial charge in [0.05, 0.1) is 18.8 Å². The average molecular weight is 361 g/mol. The number of benzene rings is 1. The van der Waals surface area contributed by atoms with Gasteiger partial charge in [0.15, 0.2) is 5.96 Å². The molecule has 25 heavy (non-hydrogen) atoms. The minimum Gasteiger partial charge on any atom is -0.382 e. The van der Waals surface area contributed by atoms with Gasteiger partial charge in [-0.1, -0.05) is 12.1 Å². The Bertz CT molecular complexity index is 505. The van der Waals surface area contributed by atoms with Crippen LogP contribution in [0.5, 0.6) is 0 Å². The molecule has 1 aromatic carbocycles. The second-order valence-electron chi connectivity index (χ2n) is 5.36. The van der Waals surface area contributed by atoms with Gasteiger partial charge in [0.1, 0.15) is 0 Å². The van der Waals surface area contributed by atoms with Crippen molar-refractivity contribution in [1.82, 2.24) is 10.6 Å². The summed E-state index contributed by atoms with van der Waals surface area (Å²) in [5.41, 5.74) is 0.106. The summed E-state index contributed by atoms with van der Waals surface area (Å²) in [7, 11) is 3.28. The van der Waals surface area contributed by atoms with Crippen molar-refractivity contribution >= 4 is 5.96 Å². The molecule has 0 saturated carbocycles. The Morgan fingerprint density at radius 2 is 1.76 bits per heavy atom. The third-order valence-electron chi connectivity index (χ3n) is 3.40. The fraction of sp³-hybridized carbons (Fsp3) is 0.588. The van der Waals surface area contributed by atoms with Crippen molar-refractivity contribution < 1.29 is 22.6 Å². The molecule has 0 atom stereocenters. The van der Waals surface area contributed by atoms with E-state index in [0.29, 0.717) is 32.3 Å². The third kappa shape index (κ3) is 9.31. The number of hydrogen-bond acceptors (Lipinski definition) is 3. The Hall–Kier alpha value is -1.80. The first kappa shape index (κ1) is 21.2. The molecule has 1 rings (SSSR count). The maximum atomic E-state index is 12.5. The number of guanidine groups is 1. The van der Waals surface area contributed by atoms with Crippen LogP contribution in [0.4, 0.5) is 13.2 Å². The highest BCUT2D eigenvalue weighted by atomic mass is 19.4. The normalized spacial score (nSPS) is 12.3. The van der Waals surface area contributed by atoms with Gasteiger partial charge < -0.3 is 20.1 Å². The van der Waals surface area contributed by atoms with Gasteiger partial charge in [0.2, 0.25) is 0 Å². The molecule has 0 spiro atoms. The molecule has 142 valence electrons. The first-order valence-corrected chi connectivity index (χ1v) is 8.14. The van der Waals surface area contributed by atoms with Crippen LogP contribution in [-0.2, 0) is 22.2 Å². The molecule has 0 aromatic heterocycles. The zero-order valence-electron chi connectivity index (χ0n) is 14.7. The molecule has 5 nitrogen and oxygen atoms in total. The molecular weight excluding hydrogens is 335 g/mol. The zero-order chi connectivity index (χ0) is 18.5. The first-order valence-electron chi connectivity index (χ1n) is 8.14. The summed E-state index contributed by atoms with van der Waals surface area (Å²) in [6.07, 6.45) is -2.46. The van der Waals surface area contributed by atoms with Crippen LogP contribution in [0.25, 0.3) is 0 Å². The Morgan fingerprint density at radius 3 is 2.36 bits per heavy atom. The molecule has 0 aliphatic carbocycles. The molecule has 2 N–H and O–H groups in total. The molecule has 0 unspecified atom stereocenters. The minimum atomic E-state index is -4.31. The topological polar surface area (TPSA) is 54.9 Å². The lowest BCUT2D eigenvalue weighted by molar-refractivity contribution is -0.137. The van der Waals surface area contributed by atoms with Crippen LogP contribution in [0.2, 0.25) is 0 Å². The van der Waals surface area contributed by atoms with Crippen molar-refractivity contribution in [2.45, 2.75) is 25.6 Å². The van der Waals surface area contributed by atoms with Crippen LogP contribution in [0.1, 0.15) is 24.0 Å². The molecule has 1 aromatic rings. The van der Waals surface area contributed by atoms with Crippen molar-refractivity contribution in [1.29, 1.82) is 0 Å². The van der Waals surface area contributed by atoms with E-state index in [1.807, 2.05) is 0 Å². The van der Waals surface area contributed by atoms with E-state index in [1.165, 1.54) is 12.1 Å². The van der Waals surface area contributed by atoms with Crippen molar-refractivity contribution in [2.24, 2.45) is 4.99 Å². The van der Waals surface area contributed by atoms with Crippen LogP contribution >= 0.6 is 0 Å². The highest BCUT2D eigenvalue weighted by Crippen LogP contribution is 2.28. The number of hydrogen-bond donors (Lipinski definition) is 2. The van der Waals surface area contributed by atoms with Gasteiger partial charge in [-0.3, -0.25) is 4.99 Å². The maximum absolute atomic E-state index is 12.5. The second kappa shape index (κ2) is 11.7. The Kier molecular flexibility index (Phi) is 9.94. The third-order valence-corrected chi connectivity index (χ3v) is 3.40. The van der Waals surface area contributed by atoms with Crippen molar-refractivity contribution in [3.63, 3.8) is 0 Å². The molecule has 0 radical (unpaired) electrons. The minimum absolute atomic E-state index is 0.401. The lowest BCUT2D eigenvalue weighted by Crippen LogP contribution is -2.37. The molecule has 0 fully saturated rings. The number of methoxy groups -OCH3 is 1.